The Morgan fingerprint density at radius 2 is 1.72 bits per heavy atom. The topological polar surface area (TPSA) is 32.6 Å². The van der Waals surface area contributed by atoms with Crippen LogP contribution in [0.2, 0.25) is 0 Å². The summed E-state index contributed by atoms with van der Waals surface area (Å²) in [7, 11) is 0. The van der Waals surface area contributed by atoms with Crippen LogP contribution in [0.15, 0.2) is 50.3 Å². The summed E-state index contributed by atoms with van der Waals surface area (Å²) in [5.41, 5.74) is 0.740. The lowest BCUT2D eigenvalue weighted by molar-refractivity contribution is 0.477. The van der Waals surface area contributed by atoms with Crippen LogP contribution in [0.3, 0.4) is 0 Å². The van der Waals surface area contributed by atoms with Gasteiger partial charge in [0.2, 0.25) is 0 Å². The fourth-order valence-electron chi connectivity index (χ4n) is 1.35. The number of aromatic hydroxyl groups is 1. The van der Waals surface area contributed by atoms with Crippen LogP contribution in [0.25, 0.3) is 0 Å². The number of phenolic OH excluding ortho intramolecular Hbond substituents is 1. The van der Waals surface area contributed by atoms with E-state index in [4.69, 9.17) is 0 Å². The van der Waals surface area contributed by atoms with E-state index in [9.17, 15) is 9.50 Å². The Bertz CT molecular complexity index is 614. The molecule has 0 aliphatic rings. The molecule has 5 heteroatoms. The zero-order chi connectivity index (χ0) is 13.1. The minimum atomic E-state index is -0.373. The van der Waals surface area contributed by atoms with E-state index < -0.39 is 0 Å². The number of rotatable bonds is 2. The third-order valence-corrected chi connectivity index (χ3v) is 3.23. The van der Waals surface area contributed by atoms with Crippen LogP contribution >= 0.6 is 31.9 Å². The second-order valence-electron chi connectivity index (χ2n) is 3.56. The average Bonchev–Trinajstić information content (AvgIpc) is 2.32. The third-order valence-electron chi connectivity index (χ3n) is 2.24. The van der Waals surface area contributed by atoms with Gasteiger partial charge in [0.05, 0.1) is 0 Å². The van der Waals surface area contributed by atoms with E-state index >= 15 is 0 Å². The minimum absolute atomic E-state index is 0.0481. The van der Waals surface area contributed by atoms with E-state index in [-0.39, 0.29) is 11.6 Å². The summed E-state index contributed by atoms with van der Waals surface area (Å²) in [6.45, 7) is 0. The molecule has 2 aromatic carbocycles. The van der Waals surface area contributed by atoms with Crippen molar-refractivity contribution in [2.45, 2.75) is 0 Å². The second kappa shape index (κ2) is 5.63. The number of nitrogens with zero attached hydrogens (tertiary/aromatic N) is 1. The summed E-state index contributed by atoms with van der Waals surface area (Å²) in [6, 6.07) is 9.58. The molecule has 0 heterocycles. The highest BCUT2D eigenvalue weighted by Crippen LogP contribution is 2.29. The van der Waals surface area contributed by atoms with Crippen molar-refractivity contribution in [1.82, 2.24) is 0 Å². The van der Waals surface area contributed by atoms with Gasteiger partial charge in [0.1, 0.15) is 17.3 Å². The van der Waals surface area contributed by atoms with Crippen LogP contribution in [0.4, 0.5) is 10.1 Å². The molecule has 0 aliphatic heterocycles. The van der Waals surface area contributed by atoms with Crippen LogP contribution < -0.4 is 0 Å². The van der Waals surface area contributed by atoms with Crippen molar-refractivity contribution in [2.75, 3.05) is 0 Å². The number of halogens is 3. The predicted molar refractivity (Wildman–Crippen MR) is 77.2 cm³/mol. The molecule has 0 unspecified atom stereocenters. The molecular formula is C13H8Br2FNO. The van der Waals surface area contributed by atoms with Gasteiger partial charge in [0, 0.05) is 20.7 Å². The molecule has 0 saturated carbocycles. The SMILES string of the molecule is Oc1ccc(Br)cc1/N=C/c1ccc(Br)cc1F. The highest BCUT2D eigenvalue weighted by molar-refractivity contribution is 9.10. The summed E-state index contributed by atoms with van der Waals surface area (Å²) in [6.07, 6.45) is 1.38. The quantitative estimate of drug-likeness (QED) is 0.754. The van der Waals surface area contributed by atoms with Crippen LogP contribution in [0, 0.1) is 5.82 Å². The molecule has 0 amide bonds. The molecule has 0 aliphatic carbocycles. The Labute approximate surface area is 120 Å². The highest BCUT2D eigenvalue weighted by atomic mass is 79.9. The largest absolute Gasteiger partial charge is 0.506 e. The lowest BCUT2D eigenvalue weighted by Crippen LogP contribution is -1.87. The van der Waals surface area contributed by atoms with Crippen LogP contribution in [-0.4, -0.2) is 11.3 Å². The number of phenols is 1. The van der Waals surface area contributed by atoms with Gasteiger partial charge < -0.3 is 5.11 Å². The molecule has 2 nitrogen and oxygen atoms in total. The molecule has 18 heavy (non-hydrogen) atoms. The maximum atomic E-state index is 13.5. The lowest BCUT2D eigenvalue weighted by Gasteiger charge is -2.00. The molecule has 0 saturated heterocycles. The van der Waals surface area contributed by atoms with Gasteiger partial charge in [-0.1, -0.05) is 31.9 Å². The van der Waals surface area contributed by atoms with Gasteiger partial charge in [-0.3, -0.25) is 4.99 Å². The minimum Gasteiger partial charge on any atom is -0.506 e. The molecule has 0 fully saturated rings. The first-order valence-corrected chi connectivity index (χ1v) is 6.62. The molecule has 0 atom stereocenters. The van der Waals surface area contributed by atoms with Crippen molar-refractivity contribution in [3.63, 3.8) is 0 Å². The van der Waals surface area contributed by atoms with E-state index in [0.29, 0.717) is 15.7 Å². The van der Waals surface area contributed by atoms with Crippen molar-refractivity contribution < 1.29 is 9.50 Å². The van der Waals surface area contributed by atoms with E-state index in [2.05, 4.69) is 36.9 Å². The van der Waals surface area contributed by atoms with Crippen LogP contribution in [0.5, 0.6) is 5.75 Å². The van der Waals surface area contributed by atoms with Gasteiger partial charge in [-0.05, 0) is 36.4 Å². The van der Waals surface area contributed by atoms with Gasteiger partial charge in [-0.15, -0.1) is 0 Å². The zero-order valence-corrected chi connectivity index (χ0v) is 12.2. The van der Waals surface area contributed by atoms with E-state index in [1.807, 2.05) is 0 Å². The first-order chi connectivity index (χ1) is 8.56. The molecule has 2 aromatic rings. The molecule has 2 rings (SSSR count). The Morgan fingerprint density at radius 3 is 2.44 bits per heavy atom. The van der Waals surface area contributed by atoms with Gasteiger partial charge in [0.15, 0.2) is 0 Å². The molecule has 0 aromatic heterocycles. The number of benzene rings is 2. The Hall–Kier alpha value is -1.20. The molecule has 92 valence electrons. The monoisotopic (exact) mass is 371 g/mol. The fraction of sp³-hybridized carbons (Fsp3) is 0. The Morgan fingerprint density at radius 1 is 1.06 bits per heavy atom. The number of hydrogen-bond donors (Lipinski definition) is 1. The first kappa shape index (κ1) is 13.2. The maximum Gasteiger partial charge on any atom is 0.141 e. The molecule has 1 N–H and O–H groups in total. The van der Waals surface area contributed by atoms with Crippen molar-refractivity contribution >= 4 is 43.8 Å². The summed E-state index contributed by atoms with van der Waals surface area (Å²) in [5, 5.41) is 9.59. The van der Waals surface area contributed by atoms with Crippen LogP contribution in [-0.2, 0) is 0 Å². The summed E-state index contributed by atoms with van der Waals surface area (Å²) in [5.74, 6) is -0.324. The maximum absolute atomic E-state index is 13.5. The van der Waals surface area contributed by atoms with Gasteiger partial charge in [-0.2, -0.15) is 0 Å². The summed E-state index contributed by atoms with van der Waals surface area (Å²) >= 11 is 6.46. The zero-order valence-electron chi connectivity index (χ0n) is 9.07. The third kappa shape index (κ3) is 3.17. The van der Waals surface area contributed by atoms with Gasteiger partial charge in [-0.25, -0.2) is 4.39 Å². The highest BCUT2D eigenvalue weighted by Gasteiger charge is 2.02. The first-order valence-electron chi connectivity index (χ1n) is 5.04. The van der Waals surface area contributed by atoms with E-state index in [1.54, 1.807) is 24.3 Å². The van der Waals surface area contributed by atoms with Crippen LogP contribution in [0.1, 0.15) is 5.56 Å². The molecule has 0 radical (unpaired) electrons. The average molecular weight is 373 g/mol. The Balaban J connectivity index is 2.32. The predicted octanol–water partition coefficient (Wildman–Crippen LogP) is 4.81. The van der Waals surface area contributed by atoms with Crippen molar-refractivity contribution in [1.29, 1.82) is 0 Å². The van der Waals surface area contributed by atoms with E-state index in [0.717, 1.165) is 4.47 Å². The Kier molecular flexibility index (Phi) is 4.14. The normalized spacial score (nSPS) is 11.1. The number of aliphatic imine (C=N–C) groups is 1. The number of hydrogen-bond acceptors (Lipinski definition) is 2. The second-order valence-corrected chi connectivity index (χ2v) is 5.39. The van der Waals surface area contributed by atoms with Crippen molar-refractivity contribution in [3.8, 4) is 5.75 Å². The molecule has 0 bridgehead atoms. The summed E-state index contributed by atoms with van der Waals surface area (Å²) < 4.78 is 15.0. The van der Waals surface area contributed by atoms with E-state index in [1.165, 1.54) is 18.3 Å². The summed E-state index contributed by atoms with van der Waals surface area (Å²) in [4.78, 5) is 4.07. The lowest BCUT2D eigenvalue weighted by atomic mass is 10.2. The van der Waals surface area contributed by atoms with Gasteiger partial charge >= 0.3 is 0 Å². The smallest absolute Gasteiger partial charge is 0.141 e. The van der Waals surface area contributed by atoms with Gasteiger partial charge in [0.25, 0.3) is 0 Å². The standard InChI is InChI=1S/C13H8Br2FNO/c14-9-2-1-8(11(16)5-9)7-17-12-6-10(15)3-4-13(12)18/h1-7,18H/b17-7+. The molecular weight excluding hydrogens is 365 g/mol. The fourth-order valence-corrected chi connectivity index (χ4v) is 2.03. The molecule has 0 spiro atoms. The van der Waals surface area contributed by atoms with Crippen molar-refractivity contribution in [2.24, 2.45) is 4.99 Å². The van der Waals surface area contributed by atoms with Crippen molar-refractivity contribution in [3.05, 3.63) is 56.7 Å².